The van der Waals surface area contributed by atoms with Crippen LogP contribution in [0, 0.1) is 0 Å². The maximum Gasteiger partial charge on any atom is 0.252 e. The summed E-state index contributed by atoms with van der Waals surface area (Å²) in [6, 6.07) is 6.84. The smallest absolute Gasteiger partial charge is 0.228 e. The minimum Gasteiger partial charge on any atom is -0.228 e. The van der Waals surface area contributed by atoms with Crippen LogP contribution >= 0.6 is 38.6 Å². The summed E-state index contributed by atoms with van der Waals surface area (Å²) in [4.78, 5) is 0.781. The minimum atomic E-state index is -3.65. The van der Waals surface area contributed by atoms with Crippen molar-refractivity contribution in [3.05, 3.63) is 38.3 Å². The molecule has 0 N–H and O–H groups in total. The van der Waals surface area contributed by atoms with Gasteiger partial charge in [0.1, 0.15) is 4.21 Å². The molecule has 0 spiro atoms. The van der Waals surface area contributed by atoms with Gasteiger partial charge in [0.05, 0.1) is 14.8 Å². The maximum absolute atomic E-state index is 12.7. The Balaban J connectivity index is 1.88. The van der Waals surface area contributed by atoms with Crippen molar-refractivity contribution >= 4 is 58.5 Å². The molecule has 1 unspecified atom stereocenters. The summed E-state index contributed by atoms with van der Waals surface area (Å²) in [6.07, 6.45) is 0.286. The quantitative estimate of drug-likeness (QED) is 0.712. The van der Waals surface area contributed by atoms with Crippen LogP contribution in [-0.2, 0) is 19.9 Å². The van der Waals surface area contributed by atoms with E-state index in [0.29, 0.717) is 0 Å². The third-order valence-electron chi connectivity index (χ3n) is 3.70. The Kier molecular flexibility index (Phi) is 5.01. The average Bonchev–Trinajstić information content (AvgIpc) is 3.10. The number of sulfonamides is 1. The summed E-state index contributed by atoms with van der Waals surface area (Å²) >= 11 is 5.79. The van der Waals surface area contributed by atoms with E-state index >= 15 is 0 Å². The molecule has 0 aliphatic carbocycles. The standard InChI is InChI=1S/C13H14BrNO4S4/c14-12-3-4-13(21-12)23(18,19)15-6-5-11(10-2-1-8-20-10)22(16,17)9-7-15/h1-4,8,11H,5-7,9H2. The van der Waals surface area contributed by atoms with E-state index in [2.05, 4.69) is 15.9 Å². The van der Waals surface area contributed by atoms with Gasteiger partial charge in [0.2, 0.25) is 0 Å². The molecule has 1 aliphatic rings. The van der Waals surface area contributed by atoms with Crippen LogP contribution in [0.15, 0.2) is 37.6 Å². The summed E-state index contributed by atoms with van der Waals surface area (Å²) < 4.78 is 52.6. The van der Waals surface area contributed by atoms with Gasteiger partial charge in [-0.15, -0.1) is 22.7 Å². The highest BCUT2D eigenvalue weighted by atomic mass is 79.9. The van der Waals surface area contributed by atoms with Crippen molar-refractivity contribution in [3.63, 3.8) is 0 Å². The van der Waals surface area contributed by atoms with Gasteiger partial charge in [0.25, 0.3) is 10.0 Å². The number of hydrogen-bond acceptors (Lipinski definition) is 6. The lowest BCUT2D eigenvalue weighted by molar-refractivity contribution is 0.430. The van der Waals surface area contributed by atoms with Crippen molar-refractivity contribution in [2.45, 2.75) is 15.9 Å². The predicted molar refractivity (Wildman–Crippen MR) is 96.2 cm³/mol. The van der Waals surface area contributed by atoms with Crippen LogP contribution in [0.2, 0.25) is 0 Å². The summed E-state index contributed by atoms with van der Waals surface area (Å²) in [7, 11) is -7.00. The number of nitrogens with zero attached hydrogens (tertiary/aromatic N) is 1. The van der Waals surface area contributed by atoms with Crippen LogP contribution in [0.4, 0.5) is 0 Å². The fourth-order valence-electron chi connectivity index (χ4n) is 2.52. The number of hydrogen-bond donors (Lipinski definition) is 0. The third-order valence-corrected chi connectivity index (χ3v) is 10.9. The van der Waals surface area contributed by atoms with E-state index in [1.54, 1.807) is 18.2 Å². The molecule has 0 bridgehead atoms. The summed E-state index contributed by atoms with van der Waals surface area (Å²) in [6.45, 7) is 0.210. The zero-order chi connectivity index (χ0) is 16.7. The Morgan fingerprint density at radius 1 is 1.22 bits per heavy atom. The number of halogens is 1. The lowest BCUT2D eigenvalue weighted by Crippen LogP contribution is -2.33. The molecule has 0 amide bonds. The van der Waals surface area contributed by atoms with Gasteiger partial charge in [-0.2, -0.15) is 4.31 Å². The van der Waals surface area contributed by atoms with E-state index in [0.717, 1.165) is 20.0 Å². The molecule has 126 valence electrons. The number of sulfone groups is 1. The Morgan fingerprint density at radius 3 is 2.61 bits per heavy atom. The molecule has 23 heavy (non-hydrogen) atoms. The topological polar surface area (TPSA) is 71.5 Å². The Labute approximate surface area is 152 Å². The first-order chi connectivity index (χ1) is 10.8. The minimum absolute atomic E-state index is 0.00204. The van der Waals surface area contributed by atoms with Crippen molar-refractivity contribution in [2.75, 3.05) is 18.8 Å². The van der Waals surface area contributed by atoms with Crippen LogP contribution in [0.25, 0.3) is 0 Å². The summed E-state index contributed by atoms with van der Waals surface area (Å²) in [5.74, 6) is -0.151. The Morgan fingerprint density at radius 2 is 2.00 bits per heavy atom. The van der Waals surface area contributed by atoms with E-state index in [1.165, 1.54) is 15.6 Å². The van der Waals surface area contributed by atoms with Gasteiger partial charge < -0.3 is 0 Å². The van der Waals surface area contributed by atoms with Gasteiger partial charge in [-0.05, 0) is 45.9 Å². The molecular weight excluding hydrogens is 442 g/mol. The van der Waals surface area contributed by atoms with E-state index in [1.807, 2.05) is 11.4 Å². The van der Waals surface area contributed by atoms with Crippen LogP contribution in [0.5, 0.6) is 0 Å². The van der Waals surface area contributed by atoms with Gasteiger partial charge >= 0.3 is 0 Å². The number of thiophene rings is 2. The van der Waals surface area contributed by atoms with Gasteiger partial charge in [-0.25, -0.2) is 16.8 Å². The molecule has 1 saturated heterocycles. The Bertz CT molecular complexity index is 886. The van der Waals surface area contributed by atoms with E-state index in [4.69, 9.17) is 0 Å². The zero-order valence-electron chi connectivity index (χ0n) is 11.9. The Hall–Kier alpha value is -0.260. The zero-order valence-corrected chi connectivity index (χ0v) is 16.7. The van der Waals surface area contributed by atoms with E-state index < -0.39 is 25.1 Å². The first-order valence-corrected chi connectivity index (χ1v) is 12.5. The SMILES string of the molecule is O=S1(=O)CCN(S(=O)(=O)c2ccc(Br)s2)CCC1c1cccs1. The van der Waals surface area contributed by atoms with Crippen molar-refractivity contribution in [1.29, 1.82) is 0 Å². The van der Waals surface area contributed by atoms with Crippen LogP contribution in [-0.4, -0.2) is 40.0 Å². The molecule has 2 aromatic heterocycles. The van der Waals surface area contributed by atoms with Gasteiger partial charge in [0.15, 0.2) is 9.84 Å². The predicted octanol–water partition coefficient (Wildman–Crippen LogP) is 3.12. The highest BCUT2D eigenvalue weighted by Gasteiger charge is 2.36. The molecule has 3 rings (SSSR count). The molecule has 2 aromatic rings. The van der Waals surface area contributed by atoms with Crippen LogP contribution < -0.4 is 0 Å². The lowest BCUT2D eigenvalue weighted by Gasteiger charge is -2.18. The van der Waals surface area contributed by atoms with Gasteiger partial charge in [-0.3, -0.25) is 0 Å². The third kappa shape index (κ3) is 3.57. The fraction of sp³-hybridized carbons (Fsp3) is 0.385. The summed E-state index contributed by atoms with van der Waals surface area (Å²) in [5, 5.41) is 1.23. The molecule has 1 aliphatic heterocycles. The highest BCUT2D eigenvalue weighted by molar-refractivity contribution is 9.11. The van der Waals surface area contributed by atoms with Crippen LogP contribution in [0.1, 0.15) is 16.5 Å². The fourth-order valence-corrected chi connectivity index (χ4v) is 9.26. The molecular formula is C13H14BrNO4S4. The largest absolute Gasteiger partial charge is 0.252 e. The second-order valence-corrected chi connectivity index (χ2v) is 13.0. The van der Waals surface area contributed by atoms with Crippen LogP contribution in [0.3, 0.4) is 0 Å². The van der Waals surface area contributed by atoms with E-state index in [9.17, 15) is 16.8 Å². The van der Waals surface area contributed by atoms with Crippen molar-refractivity contribution in [1.82, 2.24) is 4.31 Å². The number of rotatable bonds is 3. The van der Waals surface area contributed by atoms with Crippen molar-refractivity contribution < 1.29 is 16.8 Å². The summed E-state index contributed by atoms with van der Waals surface area (Å²) in [5.41, 5.74) is 0. The molecule has 0 aromatic carbocycles. The second-order valence-electron chi connectivity index (χ2n) is 5.12. The molecule has 0 saturated carbocycles. The first-order valence-electron chi connectivity index (χ1n) is 6.81. The van der Waals surface area contributed by atoms with Crippen molar-refractivity contribution in [3.8, 4) is 0 Å². The van der Waals surface area contributed by atoms with E-state index in [-0.39, 0.29) is 29.5 Å². The molecule has 10 heteroatoms. The van der Waals surface area contributed by atoms with Gasteiger partial charge in [-0.1, -0.05) is 6.07 Å². The second kappa shape index (κ2) is 6.57. The molecule has 0 radical (unpaired) electrons. The maximum atomic E-state index is 12.7. The first kappa shape index (κ1) is 17.6. The van der Waals surface area contributed by atoms with Gasteiger partial charge in [0, 0.05) is 18.0 Å². The molecule has 5 nitrogen and oxygen atoms in total. The lowest BCUT2D eigenvalue weighted by atomic mass is 10.2. The molecule has 1 fully saturated rings. The normalized spacial score (nSPS) is 22.7. The molecule has 1 atom stereocenters. The monoisotopic (exact) mass is 455 g/mol. The van der Waals surface area contributed by atoms with Crippen molar-refractivity contribution in [2.24, 2.45) is 0 Å². The highest BCUT2D eigenvalue weighted by Crippen LogP contribution is 2.35. The molecule has 3 heterocycles. The average molecular weight is 456 g/mol.